The van der Waals surface area contributed by atoms with Crippen LogP contribution in [0.25, 0.3) is 0 Å². The highest BCUT2D eigenvalue weighted by molar-refractivity contribution is 5.84. The lowest BCUT2D eigenvalue weighted by Crippen LogP contribution is -2.38. The Labute approximate surface area is 167 Å². The van der Waals surface area contributed by atoms with Gasteiger partial charge in [-0.05, 0) is 55.8 Å². The number of hydrogen-bond acceptors (Lipinski definition) is 7. The molecular weight excluding hydrogens is 376 g/mol. The Hall–Kier alpha value is -3.73. The molecule has 0 aromatic heterocycles. The Morgan fingerprint density at radius 1 is 1.10 bits per heavy atom. The van der Waals surface area contributed by atoms with Crippen molar-refractivity contribution >= 4 is 11.9 Å². The van der Waals surface area contributed by atoms with Crippen molar-refractivity contribution in [2.75, 3.05) is 6.79 Å². The minimum Gasteiger partial charge on any atom is -0.479 e. The minimum atomic E-state index is -0.983. The number of fused-ring (bicyclic) bond motifs is 1. The van der Waals surface area contributed by atoms with Crippen molar-refractivity contribution in [2.45, 2.75) is 32.6 Å². The highest BCUT2D eigenvalue weighted by Crippen LogP contribution is 2.32. The number of nitriles is 1. The first-order valence-electron chi connectivity index (χ1n) is 9.00. The number of ether oxygens (including phenoxy) is 4. The molecule has 3 rings (SSSR count). The summed E-state index contributed by atoms with van der Waals surface area (Å²) in [6.07, 6.45) is -1.89. The van der Waals surface area contributed by atoms with Gasteiger partial charge in [0.05, 0.1) is 11.6 Å². The Bertz CT molecular complexity index is 935. The summed E-state index contributed by atoms with van der Waals surface area (Å²) in [5.74, 6) is 0.624. The van der Waals surface area contributed by atoms with E-state index in [1.165, 1.54) is 13.8 Å². The lowest BCUT2D eigenvalue weighted by molar-refractivity contribution is -0.160. The standard InChI is InChI=1S/C21H20N2O6/c1-13(20(24)23-11-16-5-8-18-19(9-16)27-12-26-18)29-21(25)14(2)28-17-6-3-15(10-22)4-7-17/h3-9,13-14H,11-12H2,1-2H3,(H,23,24)/t13-,14-/m1/s1. The maximum atomic E-state index is 12.2. The molecule has 0 radical (unpaired) electrons. The van der Waals surface area contributed by atoms with E-state index in [1.54, 1.807) is 36.4 Å². The summed E-state index contributed by atoms with van der Waals surface area (Å²) in [6, 6.07) is 13.7. The maximum Gasteiger partial charge on any atom is 0.347 e. The van der Waals surface area contributed by atoms with E-state index in [2.05, 4.69) is 5.32 Å². The number of rotatable bonds is 7. The number of esters is 1. The van der Waals surface area contributed by atoms with Gasteiger partial charge in [0.1, 0.15) is 5.75 Å². The number of hydrogen-bond donors (Lipinski definition) is 1. The van der Waals surface area contributed by atoms with Crippen LogP contribution in [0.1, 0.15) is 25.0 Å². The molecule has 8 heteroatoms. The average Bonchev–Trinajstić information content (AvgIpc) is 3.20. The van der Waals surface area contributed by atoms with Gasteiger partial charge < -0.3 is 24.3 Å². The van der Waals surface area contributed by atoms with E-state index in [0.717, 1.165) is 5.56 Å². The lowest BCUT2D eigenvalue weighted by atomic mass is 10.2. The van der Waals surface area contributed by atoms with E-state index in [4.69, 9.17) is 24.2 Å². The fraction of sp³-hybridized carbons (Fsp3) is 0.286. The number of carbonyl (C=O) groups is 2. The van der Waals surface area contributed by atoms with E-state index >= 15 is 0 Å². The molecule has 0 spiro atoms. The molecule has 1 heterocycles. The van der Waals surface area contributed by atoms with Crippen molar-refractivity contribution in [1.29, 1.82) is 5.26 Å². The highest BCUT2D eigenvalue weighted by atomic mass is 16.7. The number of amides is 1. The van der Waals surface area contributed by atoms with Gasteiger partial charge in [-0.3, -0.25) is 4.79 Å². The van der Waals surface area contributed by atoms with Gasteiger partial charge in [-0.2, -0.15) is 5.26 Å². The molecule has 0 bridgehead atoms. The summed E-state index contributed by atoms with van der Waals surface area (Å²) in [6.45, 7) is 3.45. The van der Waals surface area contributed by atoms with Crippen LogP contribution in [0.5, 0.6) is 17.2 Å². The maximum absolute atomic E-state index is 12.2. The third-order valence-corrected chi connectivity index (χ3v) is 4.19. The number of benzene rings is 2. The van der Waals surface area contributed by atoms with E-state index in [1.807, 2.05) is 12.1 Å². The molecule has 0 aliphatic carbocycles. The Morgan fingerprint density at radius 3 is 2.55 bits per heavy atom. The molecule has 2 aromatic carbocycles. The summed E-state index contributed by atoms with van der Waals surface area (Å²) in [5, 5.41) is 11.5. The zero-order valence-corrected chi connectivity index (χ0v) is 16.0. The molecule has 0 saturated carbocycles. The van der Waals surface area contributed by atoms with Gasteiger partial charge in [-0.1, -0.05) is 6.07 Å². The van der Waals surface area contributed by atoms with Crippen LogP contribution in [0.4, 0.5) is 0 Å². The monoisotopic (exact) mass is 396 g/mol. The first-order chi connectivity index (χ1) is 14.0. The smallest absolute Gasteiger partial charge is 0.347 e. The second-order valence-electron chi connectivity index (χ2n) is 6.38. The summed E-state index contributed by atoms with van der Waals surface area (Å²) in [7, 11) is 0. The fourth-order valence-corrected chi connectivity index (χ4v) is 2.57. The van der Waals surface area contributed by atoms with Crippen LogP contribution in [-0.2, 0) is 20.9 Å². The number of nitrogens with zero attached hydrogens (tertiary/aromatic N) is 1. The predicted octanol–water partition coefficient (Wildman–Crippen LogP) is 2.30. The van der Waals surface area contributed by atoms with E-state index in [0.29, 0.717) is 22.8 Å². The molecule has 2 aromatic rings. The van der Waals surface area contributed by atoms with Crippen LogP contribution in [0.3, 0.4) is 0 Å². The zero-order valence-electron chi connectivity index (χ0n) is 16.0. The molecular formula is C21H20N2O6. The van der Waals surface area contributed by atoms with Crippen LogP contribution in [0, 0.1) is 11.3 Å². The first-order valence-corrected chi connectivity index (χ1v) is 9.00. The van der Waals surface area contributed by atoms with Crippen molar-refractivity contribution in [3.8, 4) is 23.3 Å². The summed E-state index contributed by atoms with van der Waals surface area (Å²) < 4.78 is 21.2. The molecule has 2 atom stereocenters. The topological polar surface area (TPSA) is 107 Å². The van der Waals surface area contributed by atoms with Gasteiger partial charge in [-0.15, -0.1) is 0 Å². The summed E-state index contributed by atoms with van der Waals surface area (Å²) >= 11 is 0. The van der Waals surface area contributed by atoms with Gasteiger partial charge in [0.15, 0.2) is 23.7 Å². The molecule has 8 nitrogen and oxygen atoms in total. The second kappa shape index (κ2) is 8.97. The SMILES string of the molecule is C[C@@H](OC(=O)[C@@H](C)Oc1ccc(C#N)cc1)C(=O)NCc1ccc2c(c1)OCO2. The molecule has 1 amide bonds. The predicted molar refractivity (Wildman–Crippen MR) is 101 cm³/mol. The molecule has 0 unspecified atom stereocenters. The van der Waals surface area contributed by atoms with Crippen LogP contribution in [0.2, 0.25) is 0 Å². The summed E-state index contributed by atoms with van der Waals surface area (Å²) in [4.78, 5) is 24.4. The van der Waals surface area contributed by atoms with Gasteiger partial charge in [0.25, 0.3) is 5.91 Å². The number of nitrogens with one attached hydrogen (secondary N) is 1. The van der Waals surface area contributed by atoms with Crippen LogP contribution in [-0.4, -0.2) is 30.9 Å². The Kier molecular flexibility index (Phi) is 6.19. The lowest BCUT2D eigenvalue weighted by Gasteiger charge is -2.18. The van der Waals surface area contributed by atoms with Crippen molar-refractivity contribution in [2.24, 2.45) is 0 Å². The molecule has 150 valence electrons. The number of carbonyl (C=O) groups excluding carboxylic acids is 2. The van der Waals surface area contributed by atoms with Gasteiger partial charge in [-0.25, -0.2) is 4.79 Å². The molecule has 1 N–H and O–H groups in total. The third kappa shape index (κ3) is 5.17. The molecule has 0 saturated heterocycles. The van der Waals surface area contributed by atoms with Gasteiger partial charge >= 0.3 is 5.97 Å². The van der Waals surface area contributed by atoms with E-state index in [-0.39, 0.29) is 13.3 Å². The molecule has 0 fully saturated rings. The average molecular weight is 396 g/mol. The highest BCUT2D eigenvalue weighted by Gasteiger charge is 2.23. The first kappa shape index (κ1) is 20.0. The van der Waals surface area contributed by atoms with Crippen LogP contribution in [0.15, 0.2) is 42.5 Å². The summed E-state index contributed by atoms with van der Waals surface area (Å²) in [5.41, 5.74) is 1.32. The van der Waals surface area contributed by atoms with E-state index < -0.39 is 24.1 Å². The zero-order chi connectivity index (χ0) is 20.8. The Morgan fingerprint density at radius 2 is 1.83 bits per heavy atom. The Balaban J connectivity index is 1.46. The minimum absolute atomic E-state index is 0.181. The van der Waals surface area contributed by atoms with Crippen molar-refractivity contribution in [1.82, 2.24) is 5.32 Å². The van der Waals surface area contributed by atoms with Crippen LogP contribution >= 0.6 is 0 Å². The molecule has 1 aliphatic heterocycles. The van der Waals surface area contributed by atoms with Crippen LogP contribution < -0.4 is 19.5 Å². The largest absolute Gasteiger partial charge is 0.479 e. The van der Waals surface area contributed by atoms with Gasteiger partial charge in [0.2, 0.25) is 6.79 Å². The molecule has 29 heavy (non-hydrogen) atoms. The fourth-order valence-electron chi connectivity index (χ4n) is 2.57. The van der Waals surface area contributed by atoms with E-state index in [9.17, 15) is 9.59 Å². The normalized spacial score (nSPS) is 13.7. The second-order valence-corrected chi connectivity index (χ2v) is 6.38. The van der Waals surface area contributed by atoms with Gasteiger partial charge in [0, 0.05) is 6.54 Å². The van der Waals surface area contributed by atoms with Crippen molar-refractivity contribution in [3.05, 3.63) is 53.6 Å². The van der Waals surface area contributed by atoms with Crippen molar-refractivity contribution in [3.63, 3.8) is 0 Å². The van der Waals surface area contributed by atoms with Crippen molar-refractivity contribution < 1.29 is 28.5 Å². The quantitative estimate of drug-likeness (QED) is 0.716. The molecule has 1 aliphatic rings. The third-order valence-electron chi connectivity index (χ3n) is 4.19.